The molecule has 13 heteroatoms. The number of rotatable bonds is 8. The summed E-state index contributed by atoms with van der Waals surface area (Å²) >= 11 is 0. The van der Waals surface area contributed by atoms with E-state index in [1.54, 1.807) is 0 Å². The predicted octanol–water partition coefficient (Wildman–Crippen LogP) is 3.32. The number of benzene rings is 2. The summed E-state index contributed by atoms with van der Waals surface area (Å²) in [5.74, 6) is -1.26. The SMILES string of the molecule is CC(=O)c1ccc(S(=O)(=O)N(C)CC(=O)OCc2nc(-c3ccc(C(F)(F)F)cc3)no2)cc1. The van der Waals surface area contributed by atoms with Crippen molar-refractivity contribution in [3.05, 3.63) is 65.5 Å². The lowest BCUT2D eigenvalue weighted by Crippen LogP contribution is -2.33. The first-order valence-corrected chi connectivity index (χ1v) is 11.0. The monoisotopic (exact) mass is 497 g/mol. The number of hydrogen-bond acceptors (Lipinski definition) is 8. The molecule has 0 bridgehead atoms. The Morgan fingerprint density at radius 2 is 1.68 bits per heavy atom. The normalized spacial score (nSPS) is 12.1. The Kier molecular flexibility index (Phi) is 7.17. The van der Waals surface area contributed by atoms with Gasteiger partial charge in [0.15, 0.2) is 12.4 Å². The van der Waals surface area contributed by atoms with Crippen LogP contribution in [-0.4, -0.2) is 48.2 Å². The van der Waals surface area contributed by atoms with Gasteiger partial charge in [0.25, 0.3) is 5.89 Å². The fourth-order valence-corrected chi connectivity index (χ4v) is 3.85. The Morgan fingerprint density at radius 1 is 1.06 bits per heavy atom. The summed E-state index contributed by atoms with van der Waals surface area (Å²) in [5, 5.41) is 3.63. The molecule has 3 rings (SSSR count). The fraction of sp³-hybridized carbons (Fsp3) is 0.238. The Hall–Kier alpha value is -3.58. The molecule has 0 amide bonds. The Balaban J connectivity index is 1.58. The van der Waals surface area contributed by atoms with Gasteiger partial charge in [-0.2, -0.15) is 22.5 Å². The van der Waals surface area contributed by atoms with E-state index in [0.717, 1.165) is 16.4 Å². The number of carbonyl (C=O) groups is 2. The number of nitrogens with zero attached hydrogens (tertiary/aromatic N) is 3. The molecule has 0 saturated heterocycles. The number of ketones is 1. The van der Waals surface area contributed by atoms with E-state index in [1.807, 2.05) is 0 Å². The summed E-state index contributed by atoms with van der Waals surface area (Å²) in [7, 11) is -2.83. The molecule has 0 fully saturated rings. The molecule has 3 aromatic rings. The van der Waals surface area contributed by atoms with Gasteiger partial charge in [0, 0.05) is 18.2 Å². The number of carbonyl (C=O) groups excluding carboxylic acids is 2. The Morgan fingerprint density at radius 3 is 2.24 bits per heavy atom. The van der Waals surface area contributed by atoms with Crippen LogP contribution in [-0.2, 0) is 32.3 Å². The first kappa shape index (κ1) is 25.1. The minimum atomic E-state index is -4.48. The average Bonchev–Trinajstić information content (AvgIpc) is 3.26. The third-order valence-corrected chi connectivity index (χ3v) is 6.43. The first-order valence-electron chi connectivity index (χ1n) is 9.61. The van der Waals surface area contributed by atoms with Crippen LogP contribution in [0, 0.1) is 0 Å². The molecule has 0 N–H and O–H groups in total. The van der Waals surface area contributed by atoms with Crippen molar-refractivity contribution in [2.45, 2.75) is 24.6 Å². The molecule has 0 atom stereocenters. The van der Waals surface area contributed by atoms with Crippen LogP contribution in [0.15, 0.2) is 57.9 Å². The number of alkyl halides is 3. The van der Waals surface area contributed by atoms with Crippen LogP contribution in [0.4, 0.5) is 13.2 Å². The van der Waals surface area contributed by atoms with Crippen molar-refractivity contribution in [3.63, 3.8) is 0 Å². The van der Waals surface area contributed by atoms with Gasteiger partial charge >= 0.3 is 12.1 Å². The lowest BCUT2D eigenvalue weighted by Gasteiger charge is -2.16. The lowest BCUT2D eigenvalue weighted by atomic mass is 10.1. The topological polar surface area (TPSA) is 120 Å². The fourth-order valence-electron chi connectivity index (χ4n) is 2.74. The van der Waals surface area contributed by atoms with Crippen molar-refractivity contribution in [1.29, 1.82) is 0 Å². The molecule has 34 heavy (non-hydrogen) atoms. The molecule has 0 aliphatic rings. The van der Waals surface area contributed by atoms with Crippen LogP contribution in [0.3, 0.4) is 0 Å². The number of likely N-dealkylation sites (N-methyl/N-ethyl adjacent to an activating group) is 1. The lowest BCUT2D eigenvalue weighted by molar-refractivity contribution is -0.145. The maximum Gasteiger partial charge on any atom is 0.416 e. The second-order valence-corrected chi connectivity index (χ2v) is 9.13. The minimum Gasteiger partial charge on any atom is -0.455 e. The van der Waals surface area contributed by atoms with Crippen molar-refractivity contribution < 1.29 is 40.4 Å². The second kappa shape index (κ2) is 9.73. The minimum absolute atomic E-state index is 0.00604. The molecule has 9 nitrogen and oxygen atoms in total. The molecule has 1 heterocycles. The maximum atomic E-state index is 12.7. The van der Waals surface area contributed by atoms with Crippen molar-refractivity contribution in [3.8, 4) is 11.4 Å². The van der Waals surface area contributed by atoms with E-state index in [4.69, 9.17) is 9.26 Å². The molecular weight excluding hydrogens is 479 g/mol. The van der Waals surface area contributed by atoms with E-state index >= 15 is 0 Å². The molecule has 0 spiro atoms. The Bertz CT molecular complexity index is 1290. The van der Waals surface area contributed by atoms with E-state index in [0.29, 0.717) is 5.56 Å². The summed E-state index contributed by atoms with van der Waals surface area (Å²) in [4.78, 5) is 27.3. The van der Waals surface area contributed by atoms with Crippen molar-refractivity contribution in [1.82, 2.24) is 14.4 Å². The highest BCUT2D eigenvalue weighted by Gasteiger charge is 2.30. The zero-order valence-electron chi connectivity index (χ0n) is 17.9. The third-order valence-electron chi connectivity index (χ3n) is 4.62. The highest BCUT2D eigenvalue weighted by molar-refractivity contribution is 7.89. The number of hydrogen-bond donors (Lipinski definition) is 0. The van der Waals surface area contributed by atoms with Crippen LogP contribution in [0.1, 0.15) is 28.7 Å². The standard InChI is InChI=1S/C21H18F3N3O6S/c1-13(28)14-5-9-17(10-6-14)34(30,31)27(2)11-19(29)32-12-18-25-20(26-33-18)15-3-7-16(8-4-15)21(22,23)24/h3-10H,11-12H2,1-2H3. The third kappa shape index (κ3) is 5.85. The largest absolute Gasteiger partial charge is 0.455 e. The number of esters is 1. The van der Waals surface area contributed by atoms with Gasteiger partial charge in [-0.3, -0.25) is 9.59 Å². The number of aromatic nitrogens is 2. The number of ether oxygens (including phenoxy) is 1. The van der Waals surface area contributed by atoms with Gasteiger partial charge in [0.1, 0.15) is 6.54 Å². The molecule has 0 saturated carbocycles. The first-order chi connectivity index (χ1) is 15.9. The van der Waals surface area contributed by atoms with Gasteiger partial charge in [-0.25, -0.2) is 8.42 Å². The van der Waals surface area contributed by atoms with Gasteiger partial charge in [-0.1, -0.05) is 29.4 Å². The highest BCUT2D eigenvalue weighted by Crippen LogP contribution is 2.30. The van der Waals surface area contributed by atoms with E-state index in [-0.39, 0.29) is 28.0 Å². The average molecular weight is 497 g/mol. The molecule has 180 valence electrons. The van der Waals surface area contributed by atoms with Crippen LogP contribution in [0.2, 0.25) is 0 Å². The predicted molar refractivity (Wildman–Crippen MR) is 111 cm³/mol. The molecule has 0 aliphatic heterocycles. The van der Waals surface area contributed by atoms with Gasteiger partial charge in [0.05, 0.1) is 10.5 Å². The number of sulfonamides is 1. The summed E-state index contributed by atoms with van der Waals surface area (Å²) in [6, 6.07) is 9.34. The van der Waals surface area contributed by atoms with Crippen molar-refractivity contribution in [2.75, 3.05) is 13.6 Å². The molecule has 0 unspecified atom stereocenters. The van der Waals surface area contributed by atoms with Gasteiger partial charge in [-0.15, -0.1) is 0 Å². The highest BCUT2D eigenvalue weighted by atomic mass is 32.2. The smallest absolute Gasteiger partial charge is 0.416 e. The summed E-state index contributed by atoms with van der Waals surface area (Å²) in [6.07, 6.45) is -4.48. The number of Topliss-reactive ketones (excluding diaryl/α,β-unsaturated/α-hetero) is 1. The van der Waals surface area contributed by atoms with Crippen LogP contribution < -0.4 is 0 Å². The molecule has 0 aliphatic carbocycles. The van der Waals surface area contributed by atoms with E-state index in [1.165, 1.54) is 50.4 Å². The van der Waals surface area contributed by atoms with Crippen molar-refractivity contribution in [2.24, 2.45) is 0 Å². The van der Waals surface area contributed by atoms with E-state index in [9.17, 15) is 31.2 Å². The van der Waals surface area contributed by atoms with Crippen LogP contribution >= 0.6 is 0 Å². The quantitative estimate of drug-likeness (QED) is 0.343. The summed E-state index contributed by atoms with van der Waals surface area (Å²) < 4.78 is 73.8. The maximum absolute atomic E-state index is 12.7. The second-order valence-electron chi connectivity index (χ2n) is 7.09. The van der Waals surface area contributed by atoms with Crippen LogP contribution in [0.25, 0.3) is 11.4 Å². The van der Waals surface area contributed by atoms with Gasteiger partial charge in [-0.05, 0) is 31.2 Å². The molecular formula is C21H18F3N3O6S. The zero-order valence-corrected chi connectivity index (χ0v) is 18.7. The van der Waals surface area contributed by atoms with Gasteiger partial charge in [0.2, 0.25) is 15.8 Å². The summed E-state index contributed by atoms with van der Waals surface area (Å²) in [6.45, 7) is 0.270. The summed E-state index contributed by atoms with van der Waals surface area (Å²) in [5.41, 5.74) is -0.227. The van der Waals surface area contributed by atoms with E-state index < -0.39 is 40.9 Å². The van der Waals surface area contributed by atoms with Crippen molar-refractivity contribution >= 4 is 21.8 Å². The molecule has 2 aromatic carbocycles. The number of halogens is 3. The van der Waals surface area contributed by atoms with Gasteiger partial charge < -0.3 is 9.26 Å². The zero-order chi connectivity index (χ0) is 25.1. The Labute approximate surface area is 192 Å². The van der Waals surface area contributed by atoms with E-state index in [2.05, 4.69) is 10.1 Å². The molecule has 0 radical (unpaired) electrons. The van der Waals surface area contributed by atoms with Crippen LogP contribution in [0.5, 0.6) is 0 Å². The molecule has 1 aromatic heterocycles.